The van der Waals surface area contributed by atoms with Crippen molar-refractivity contribution >= 4 is 50.8 Å². The number of nitrogens with zero attached hydrogens (tertiary/aromatic N) is 2. The second kappa shape index (κ2) is 8.58. The highest BCUT2D eigenvalue weighted by molar-refractivity contribution is 7.18. The predicted molar refractivity (Wildman–Crippen MR) is 134 cm³/mol. The molecule has 0 aliphatic carbocycles. The summed E-state index contributed by atoms with van der Waals surface area (Å²) in [5.74, 6) is 0. The number of hydrogen-bond acceptors (Lipinski definition) is 3. The zero-order chi connectivity index (χ0) is 21.0. The lowest BCUT2D eigenvalue weighted by Gasteiger charge is -2.25. The molecule has 0 unspecified atom stereocenters. The molecule has 4 aromatic carbocycles. The number of aryl methyl sites for hydroxylation is 1. The summed E-state index contributed by atoms with van der Waals surface area (Å²) in [6, 6.07) is 36.0. The van der Waals surface area contributed by atoms with E-state index >= 15 is 0 Å². The van der Waals surface area contributed by atoms with Crippen LogP contribution in [0.1, 0.15) is 16.1 Å². The van der Waals surface area contributed by atoms with Crippen molar-refractivity contribution < 1.29 is 0 Å². The molecule has 5 rings (SSSR count). The average molecular weight is 419 g/mol. The number of rotatable bonds is 5. The fourth-order valence-electron chi connectivity index (χ4n) is 3.69. The van der Waals surface area contributed by atoms with Crippen molar-refractivity contribution in [2.45, 2.75) is 6.92 Å². The molecule has 0 aliphatic heterocycles. The summed E-state index contributed by atoms with van der Waals surface area (Å²) in [7, 11) is 0. The second-order valence-electron chi connectivity index (χ2n) is 7.39. The van der Waals surface area contributed by atoms with Crippen LogP contribution in [0.15, 0.2) is 103 Å². The van der Waals surface area contributed by atoms with Gasteiger partial charge in [-0.3, -0.25) is 0 Å². The molecule has 5 aromatic rings. The summed E-state index contributed by atoms with van der Waals surface area (Å²) in [6.45, 7) is 2.05. The van der Waals surface area contributed by atoms with Gasteiger partial charge in [-0.15, -0.1) is 11.3 Å². The first-order valence-corrected chi connectivity index (χ1v) is 11.1. The molecule has 2 nitrogen and oxygen atoms in total. The first-order chi connectivity index (χ1) is 15.3. The van der Waals surface area contributed by atoms with Crippen LogP contribution in [0.3, 0.4) is 0 Å². The Hall–Kier alpha value is -3.69. The summed E-state index contributed by atoms with van der Waals surface area (Å²) in [5, 5.41) is 1.10. The van der Waals surface area contributed by atoms with Crippen molar-refractivity contribution in [1.82, 2.24) is 4.98 Å². The van der Waals surface area contributed by atoms with Crippen LogP contribution in [0, 0.1) is 6.92 Å². The van der Waals surface area contributed by atoms with Gasteiger partial charge in [0.25, 0.3) is 0 Å². The van der Waals surface area contributed by atoms with Crippen LogP contribution in [-0.2, 0) is 0 Å². The highest BCUT2D eigenvalue weighted by Gasteiger charge is 2.11. The maximum Gasteiger partial charge on any atom is 0.0907 e. The molecule has 0 atom stereocenters. The van der Waals surface area contributed by atoms with Crippen LogP contribution in [-0.4, -0.2) is 4.98 Å². The lowest BCUT2D eigenvalue weighted by Crippen LogP contribution is -2.09. The molecule has 0 N–H and O–H groups in total. The molecule has 150 valence electrons. The molecule has 0 aliphatic rings. The van der Waals surface area contributed by atoms with Gasteiger partial charge in [0.1, 0.15) is 0 Å². The number of benzene rings is 4. The predicted octanol–water partition coefficient (Wildman–Crippen LogP) is 8.24. The number of fused-ring (bicyclic) bond motifs is 1. The summed E-state index contributed by atoms with van der Waals surface area (Å²) in [4.78, 5) is 6.81. The first kappa shape index (κ1) is 19.3. The molecule has 1 heterocycles. The van der Waals surface area contributed by atoms with Crippen LogP contribution in [0.2, 0.25) is 0 Å². The molecule has 0 amide bonds. The molecule has 0 bridgehead atoms. The maximum absolute atomic E-state index is 4.54. The van der Waals surface area contributed by atoms with Crippen molar-refractivity contribution in [2.24, 2.45) is 0 Å². The van der Waals surface area contributed by atoms with E-state index in [9.17, 15) is 0 Å². The average Bonchev–Trinajstić information content (AvgIpc) is 3.19. The molecule has 0 saturated heterocycles. The summed E-state index contributed by atoms with van der Waals surface area (Å²) >= 11 is 1.74. The Kier molecular flexibility index (Phi) is 5.34. The number of aromatic nitrogens is 1. The first-order valence-electron chi connectivity index (χ1n) is 10.3. The van der Waals surface area contributed by atoms with Crippen molar-refractivity contribution in [1.29, 1.82) is 0 Å². The molecule has 0 saturated carbocycles. The third-order valence-electron chi connectivity index (χ3n) is 5.17. The molecular formula is C28H22N2S. The maximum atomic E-state index is 4.54. The molecule has 0 radical (unpaired) electrons. The van der Waals surface area contributed by atoms with Gasteiger partial charge in [0.2, 0.25) is 0 Å². The Bertz CT molecular complexity index is 1280. The highest BCUT2D eigenvalue weighted by Crippen LogP contribution is 2.34. The van der Waals surface area contributed by atoms with Gasteiger partial charge in [-0.2, -0.15) is 0 Å². The van der Waals surface area contributed by atoms with Gasteiger partial charge < -0.3 is 4.90 Å². The molecule has 0 fully saturated rings. The van der Waals surface area contributed by atoms with Crippen LogP contribution in [0.5, 0.6) is 0 Å². The van der Waals surface area contributed by atoms with E-state index in [0.29, 0.717) is 0 Å². The Morgan fingerprint density at radius 1 is 0.645 bits per heavy atom. The fourth-order valence-corrected chi connectivity index (χ4v) is 4.56. The Labute approximate surface area is 186 Å². The summed E-state index contributed by atoms with van der Waals surface area (Å²) in [5.41, 5.74) is 6.86. The number of para-hydroxylation sites is 2. The monoisotopic (exact) mass is 418 g/mol. The van der Waals surface area contributed by atoms with Crippen LogP contribution in [0.25, 0.3) is 22.4 Å². The van der Waals surface area contributed by atoms with Crippen molar-refractivity contribution in [3.05, 3.63) is 119 Å². The standard InChI is InChI=1S/C28H22N2S/c1-21-29-27-19-16-23(20-28(27)31-21)13-12-22-14-17-26(18-15-22)30(24-8-4-2-5-9-24)25-10-6-3-7-11-25/h2-20H,1H3/b13-12+. The lowest BCUT2D eigenvalue weighted by molar-refractivity contribution is 1.28. The Morgan fingerprint density at radius 2 is 1.19 bits per heavy atom. The van der Waals surface area contributed by atoms with Crippen molar-refractivity contribution in [3.63, 3.8) is 0 Å². The quantitative estimate of drug-likeness (QED) is 0.267. The normalized spacial score (nSPS) is 11.3. The molecule has 31 heavy (non-hydrogen) atoms. The highest BCUT2D eigenvalue weighted by atomic mass is 32.1. The zero-order valence-corrected chi connectivity index (χ0v) is 18.1. The van der Waals surface area contributed by atoms with Gasteiger partial charge in [-0.05, 0) is 66.6 Å². The molecule has 0 spiro atoms. The van der Waals surface area contributed by atoms with Gasteiger partial charge in [0.15, 0.2) is 0 Å². The van der Waals surface area contributed by atoms with Gasteiger partial charge in [-0.25, -0.2) is 4.98 Å². The van der Waals surface area contributed by atoms with Crippen molar-refractivity contribution in [2.75, 3.05) is 4.90 Å². The van der Waals surface area contributed by atoms with Crippen molar-refractivity contribution in [3.8, 4) is 0 Å². The third kappa shape index (κ3) is 4.27. The SMILES string of the molecule is Cc1nc2ccc(/C=C/c3ccc(N(c4ccccc4)c4ccccc4)cc3)cc2s1. The lowest BCUT2D eigenvalue weighted by atomic mass is 10.1. The fraction of sp³-hybridized carbons (Fsp3) is 0.0357. The van der Waals surface area contributed by atoms with Gasteiger partial charge in [0.05, 0.1) is 15.2 Å². The van der Waals surface area contributed by atoms with Crippen LogP contribution in [0.4, 0.5) is 17.1 Å². The number of hydrogen-bond donors (Lipinski definition) is 0. The van der Waals surface area contributed by atoms with E-state index in [1.807, 2.05) is 12.1 Å². The Balaban J connectivity index is 1.42. The van der Waals surface area contributed by atoms with E-state index in [0.717, 1.165) is 27.6 Å². The molecular weight excluding hydrogens is 396 g/mol. The largest absolute Gasteiger partial charge is 0.311 e. The van der Waals surface area contributed by atoms with E-state index < -0.39 is 0 Å². The summed E-state index contributed by atoms with van der Waals surface area (Å²) in [6.07, 6.45) is 4.32. The van der Waals surface area contributed by atoms with Crippen LogP contribution >= 0.6 is 11.3 Å². The molecule has 1 aromatic heterocycles. The topological polar surface area (TPSA) is 16.1 Å². The van der Waals surface area contributed by atoms with E-state index in [4.69, 9.17) is 0 Å². The second-order valence-corrected chi connectivity index (χ2v) is 8.63. The van der Waals surface area contributed by atoms with Gasteiger partial charge in [-0.1, -0.05) is 66.7 Å². The number of thiazole rings is 1. The minimum absolute atomic E-state index is 1.07. The summed E-state index contributed by atoms with van der Waals surface area (Å²) < 4.78 is 1.23. The van der Waals surface area contributed by atoms with E-state index in [1.54, 1.807) is 11.3 Å². The zero-order valence-electron chi connectivity index (χ0n) is 17.3. The third-order valence-corrected chi connectivity index (χ3v) is 6.10. The van der Waals surface area contributed by atoms with E-state index in [2.05, 4.69) is 120 Å². The minimum Gasteiger partial charge on any atom is -0.311 e. The molecule has 3 heteroatoms. The smallest absolute Gasteiger partial charge is 0.0907 e. The minimum atomic E-state index is 1.07. The van der Waals surface area contributed by atoms with E-state index in [-0.39, 0.29) is 0 Å². The number of anilines is 3. The van der Waals surface area contributed by atoms with E-state index in [1.165, 1.54) is 15.8 Å². The van der Waals surface area contributed by atoms with Gasteiger partial charge in [0, 0.05) is 17.1 Å². The van der Waals surface area contributed by atoms with Gasteiger partial charge >= 0.3 is 0 Å². The van der Waals surface area contributed by atoms with Crippen LogP contribution < -0.4 is 4.90 Å². The Morgan fingerprint density at radius 3 is 1.84 bits per heavy atom.